The van der Waals surface area contributed by atoms with Crippen LogP contribution < -0.4 is 4.74 Å². The standard InChI is InChI=1S/C16H12N2O4/c1-22-15-6-7-16(19)12(9-15)8-13(10-17)11-2-4-14(5-3-11)18(20)21/h2-9,19H,1H3. The maximum absolute atomic E-state index is 10.6. The van der Waals surface area contributed by atoms with Crippen molar-refractivity contribution in [3.8, 4) is 17.6 Å². The predicted molar refractivity (Wildman–Crippen MR) is 81.2 cm³/mol. The maximum atomic E-state index is 10.6. The largest absolute Gasteiger partial charge is 0.507 e. The molecule has 0 saturated heterocycles. The number of phenols is 1. The number of rotatable bonds is 4. The molecular weight excluding hydrogens is 284 g/mol. The van der Waals surface area contributed by atoms with E-state index in [9.17, 15) is 20.5 Å². The van der Waals surface area contributed by atoms with Gasteiger partial charge in [0.1, 0.15) is 11.5 Å². The number of hydrogen-bond acceptors (Lipinski definition) is 5. The zero-order chi connectivity index (χ0) is 16.1. The third kappa shape index (κ3) is 3.22. The average Bonchev–Trinajstić information content (AvgIpc) is 2.54. The number of nitro groups is 1. The first kappa shape index (κ1) is 15.1. The van der Waals surface area contributed by atoms with Crippen LogP contribution in [0.1, 0.15) is 11.1 Å². The van der Waals surface area contributed by atoms with Gasteiger partial charge in [0.2, 0.25) is 0 Å². The van der Waals surface area contributed by atoms with Gasteiger partial charge in [-0.15, -0.1) is 0 Å². The molecule has 0 radical (unpaired) electrons. The van der Waals surface area contributed by atoms with Gasteiger partial charge in [0.15, 0.2) is 0 Å². The van der Waals surface area contributed by atoms with E-state index in [1.54, 1.807) is 12.1 Å². The van der Waals surface area contributed by atoms with Crippen LogP contribution in [0.3, 0.4) is 0 Å². The van der Waals surface area contributed by atoms with Crippen molar-refractivity contribution in [2.24, 2.45) is 0 Å². The molecule has 2 aromatic carbocycles. The molecule has 2 aromatic rings. The third-order valence-electron chi connectivity index (χ3n) is 3.04. The molecule has 0 unspecified atom stereocenters. The van der Waals surface area contributed by atoms with Crippen molar-refractivity contribution in [2.75, 3.05) is 7.11 Å². The summed E-state index contributed by atoms with van der Waals surface area (Å²) >= 11 is 0. The van der Waals surface area contributed by atoms with Crippen LogP contribution in [0.25, 0.3) is 11.6 Å². The summed E-state index contributed by atoms with van der Waals surface area (Å²) < 4.78 is 5.07. The molecule has 0 aliphatic rings. The van der Waals surface area contributed by atoms with Crippen molar-refractivity contribution >= 4 is 17.3 Å². The van der Waals surface area contributed by atoms with Gasteiger partial charge >= 0.3 is 0 Å². The number of phenolic OH excluding ortho intramolecular Hbond substituents is 1. The van der Waals surface area contributed by atoms with Gasteiger partial charge < -0.3 is 9.84 Å². The molecule has 0 aliphatic heterocycles. The molecule has 0 fully saturated rings. The summed E-state index contributed by atoms with van der Waals surface area (Å²) in [5, 5.41) is 29.7. The van der Waals surface area contributed by atoms with Crippen molar-refractivity contribution in [1.29, 1.82) is 5.26 Å². The lowest BCUT2D eigenvalue weighted by atomic mass is 10.0. The normalized spacial score (nSPS) is 10.8. The summed E-state index contributed by atoms with van der Waals surface area (Å²) in [4.78, 5) is 10.1. The third-order valence-corrected chi connectivity index (χ3v) is 3.04. The molecule has 6 nitrogen and oxygen atoms in total. The molecule has 0 spiro atoms. The summed E-state index contributed by atoms with van der Waals surface area (Å²) in [7, 11) is 1.50. The van der Waals surface area contributed by atoms with Gasteiger partial charge in [-0.25, -0.2) is 0 Å². The Labute approximate surface area is 126 Å². The minimum Gasteiger partial charge on any atom is -0.507 e. The molecule has 2 rings (SSSR count). The number of non-ortho nitro benzene ring substituents is 1. The van der Waals surface area contributed by atoms with E-state index in [1.165, 1.54) is 43.5 Å². The van der Waals surface area contributed by atoms with E-state index in [0.29, 0.717) is 16.9 Å². The van der Waals surface area contributed by atoms with E-state index in [-0.39, 0.29) is 17.0 Å². The molecule has 0 atom stereocenters. The highest BCUT2D eigenvalue weighted by atomic mass is 16.6. The van der Waals surface area contributed by atoms with E-state index in [4.69, 9.17) is 4.74 Å². The molecule has 110 valence electrons. The Morgan fingerprint density at radius 3 is 2.55 bits per heavy atom. The molecule has 0 heterocycles. The molecule has 1 N–H and O–H groups in total. The van der Waals surface area contributed by atoms with E-state index >= 15 is 0 Å². The minimum atomic E-state index is -0.507. The Morgan fingerprint density at radius 1 is 1.32 bits per heavy atom. The average molecular weight is 296 g/mol. The number of nitrogens with zero attached hydrogens (tertiary/aromatic N) is 2. The fourth-order valence-corrected chi connectivity index (χ4v) is 1.87. The molecule has 0 aromatic heterocycles. The summed E-state index contributed by atoms with van der Waals surface area (Å²) in [6.07, 6.45) is 1.50. The van der Waals surface area contributed by atoms with Crippen LogP contribution in [-0.4, -0.2) is 17.1 Å². The zero-order valence-electron chi connectivity index (χ0n) is 11.7. The van der Waals surface area contributed by atoms with Crippen LogP contribution in [0.2, 0.25) is 0 Å². The maximum Gasteiger partial charge on any atom is 0.269 e. The quantitative estimate of drug-likeness (QED) is 0.404. The SMILES string of the molecule is COc1ccc(O)c(C=C(C#N)c2ccc([N+](=O)[O-])cc2)c1. The lowest BCUT2D eigenvalue weighted by Crippen LogP contribution is -1.89. The van der Waals surface area contributed by atoms with Gasteiger partial charge in [0.05, 0.1) is 23.7 Å². The Bertz CT molecular complexity index is 774. The number of aromatic hydroxyl groups is 1. The number of hydrogen-bond donors (Lipinski definition) is 1. The molecule has 22 heavy (non-hydrogen) atoms. The lowest BCUT2D eigenvalue weighted by Gasteiger charge is -2.05. The number of benzene rings is 2. The van der Waals surface area contributed by atoms with Crippen LogP contribution in [0.4, 0.5) is 5.69 Å². The van der Waals surface area contributed by atoms with Gasteiger partial charge in [0, 0.05) is 17.7 Å². The van der Waals surface area contributed by atoms with Crippen LogP contribution >= 0.6 is 0 Å². The molecule has 0 amide bonds. The zero-order valence-corrected chi connectivity index (χ0v) is 11.7. The number of nitriles is 1. The summed E-state index contributed by atoms with van der Waals surface area (Å²) in [6.45, 7) is 0. The Kier molecular flexibility index (Phi) is 4.39. The van der Waals surface area contributed by atoms with Crippen LogP contribution in [0, 0.1) is 21.4 Å². The van der Waals surface area contributed by atoms with Crippen molar-refractivity contribution in [3.63, 3.8) is 0 Å². The highest BCUT2D eigenvalue weighted by molar-refractivity contribution is 5.90. The number of allylic oxidation sites excluding steroid dienone is 1. The molecule has 0 aliphatic carbocycles. The van der Waals surface area contributed by atoms with Gasteiger partial charge in [0.25, 0.3) is 5.69 Å². The fourth-order valence-electron chi connectivity index (χ4n) is 1.87. The van der Waals surface area contributed by atoms with Gasteiger partial charge in [-0.2, -0.15) is 5.26 Å². The van der Waals surface area contributed by atoms with E-state index in [0.717, 1.165) is 0 Å². The summed E-state index contributed by atoms with van der Waals surface area (Å²) in [6, 6.07) is 12.3. The van der Waals surface area contributed by atoms with E-state index in [2.05, 4.69) is 0 Å². The second-order valence-corrected chi connectivity index (χ2v) is 4.40. The topological polar surface area (TPSA) is 96.4 Å². The molecule has 6 heteroatoms. The Hall–Kier alpha value is -3.33. The smallest absolute Gasteiger partial charge is 0.269 e. The van der Waals surface area contributed by atoms with Crippen molar-refractivity contribution in [2.45, 2.75) is 0 Å². The highest BCUT2D eigenvalue weighted by Gasteiger charge is 2.08. The Morgan fingerprint density at radius 2 is 2.00 bits per heavy atom. The molecule has 0 bridgehead atoms. The molecular formula is C16H12N2O4. The Balaban J connectivity index is 2.43. The van der Waals surface area contributed by atoms with Crippen LogP contribution in [0.15, 0.2) is 42.5 Å². The van der Waals surface area contributed by atoms with E-state index in [1.807, 2.05) is 6.07 Å². The van der Waals surface area contributed by atoms with Gasteiger partial charge in [-0.3, -0.25) is 10.1 Å². The summed E-state index contributed by atoms with van der Waals surface area (Å²) in [5.74, 6) is 0.556. The summed E-state index contributed by atoms with van der Waals surface area (Å²) in [5.41, 5.74) is 1.17. The van der Waals surface area contributed by atoms with Crippen LogP contribution in [-0.2, 0) is 0 Å². The first-order chi connectivity index (χ1) is 10.5. The lowest BCUT2D eigenvalue weighted by molar-refractivity contribution is -0.384. The number of methoxy groups -OCH3 is 1. The van der Waals surface area contributed by atoms with Crippen LogP contribution in [0.5, 0.6) is 11.5 Å². The molecule has 0 saturated carbocycles. The number of nitro benzene ring substituents is 1. The monoisotopic (exact) mass is 296 g/mol. The first-order valence-electron chi connectivity index (χ1n) is 6.29. The predicted octanol–water partition coefficient (Wildman–Crippen LogP) is 3.37. The number of ether oxygens (including phenoxy) is 1. The van der Waals surface area contributed by atoms with E-state index < -0.39 is 4.92 Å². The fraction of sp³-hybridized carbons (Fsp3) is 0.0625. The van der Waals surface area contributed by atoms with Crippen molar-refractivity contribution < 1.29 is 14.8 Å². The second kappa shape index (κ2) is 6.41. The second-order valence-electron chi connectivity index (χ2n) is 4.40. The highest BCUT2D eigenvalue weighted by Crippen LogP contribution is 2.28. The van der Waals surface area contributed by atoms with Crippen molar-refractivity contribution in [3.05, 3.63) is 63.7 Å². The van der Waals surface area contributed by atoms with Crippen molar-refractivity contribution in [1.82, 2.24) is 0 Å². The van der Waals surface area contributed by atoms with Gasteiger partial charge in [-0.1, -0.05) is 0 Å². The first-order valence-corrected chi connectivity index (χ1v) is 6.29. The van der Waals surface area contributed by atoms with Gasteiger partial charge in [-0.05, 0) is 42.0 Å². The minimum absolute atomic E-state index is 0.00969.